The summed E-state index contributed by atoms with van der Waals surface area (Å²) in [5.74, 6) is -1.01. The highest BCUT2D eigenvalue weighted by Crippen LogP contribution is 2.18. The van der Waals surface area contributed by atoms with Crippen LogP contribution >= 0.6 is 0 Å². The second kappa shape index (κ2) is 7.44. The molecule has 1 fully saturated rings. The summed E-state index contributed by atoms with van der Waals surface area (Å²) in [6.45, 7) is 1.51. The lowest BCUT2D eigenvalue weighted by Crippen LogP contribution is -2.44. The standard InChI is InChI=1S/C15H19N3O4/c16-13(19)14(20)17-10-11-6-8-18(9-7-11)15(21)22-12-4-2-1-3-5-12/h1-5,11H,6-10H2,(H2,16,19)(H,17,20). The summed E-state index contributed by atoms with van der Waals surface area (Å²) in [6.07, 6.45) is 1.11. The first kappa shape index (κ1) is 15.8. The van der Waals surface area contributed by atoms with Gasteiger partial charge in [-0.05, 0) is 30.9 Å². The Bertz CT molecular complexity index is 539. The number of hydrogen-bond donors (Lipinski definition) is 2. The first-order chi connectivity index (χ1) is 10.6. The highest BCUT2D eigenvalue weighted by molar-refractivity contribution is 6.34. The van der Waals surface area contributed by atoms with Gasteiger partial charge in [-0.15, -0.1) is 0 Å². The van der Waals surface area contributed by atoms with Gasteiger partial charge in [-0.3, -0.25) is 9.59 Å². The third kappa shape index (κ3) is 4.47. The van der Waals surface area contributed by atoms with Crippen LogP contribution in [0.3, 0.4) is 0 Å². The van der Waals surface area contributed by atoms with Crippen LogP contribution in [0.5, 0.6) is 5.75 Å². The van der Waals surface area contributed by atoms with Crippen LogP contribution < -0.4 is 15.8 Å². The minimum Gasteiger partial charge on any atom is -0.410 e. The van der Waals surface area contributed by atoms with Crippen LogP contribution in [0.25, 0.3) is 0 Å². The van der Waals surface area contributed by atoms with Gasteiger partial charge in [-0.2, -0.15) is 0 Å². The maximum atomic E-state index is 12.0. The molecule has 0 spiro atoms. The van der Waals surface area contributed by atoms with Crippen LogP contribution in [-0.4, -0.2) is 42.4 Å². The number of nitrogens with zero attached hydrogens (tertiary/aromatic N) is 1. The Hall–Kier alpha value is -2.57. The molecule has 1 aliphatic rings. The summed E-state index contributed by atoms with van der Waals surface area (Å²) < 4.78 is 5.27. The van der Waals surface area contributed by atoms with Crippen molar-refractivity contribution in [1.29, 1.82) is 0 Å². The molecule has 2 rings (SSSR count). The molecule has 0 atom stereocenters. The van der Waals surface area contributed by atoms with Crippen molar-refractivity contribution in [1.82, 2.24) is 10.2 Å². The van der Waals surface area contributed by atoms with Crippen molar-refractivity contribution in [2.45, 2.75) is 12.8 Å². The summed E-state index contributed by atoms with van der Waals surface area (Å²) in [5.41, 5.74) is 4.87. The van der Waals surface area contributed by atoms with Gasteiger partial charge < -0.3 is 20.7 Å². The topological polar surface area (TPSA) is 102 Å². The fraction of sp³-hybridized carbons (Fsp3) is 0.400. The Balaban J connectivity index is 1.73. The van der Waals surface area contributed by atoms with E-state index in [1.54, 1.807) is 29.2 Å². The van der Waals surface area contributed by atoms with E-state index in [0.717, 1.165) is 12.8 Å². The summed E-state index contributed by atoms with van der Waals surface area (Å²) in [5, 5.41) is 2.49. The number of amides is 3. The number of primary amides is 1. The Labute approximate surface area is 128 Å². The van der Waals surface area contributed by atoms with Gasteiger partial charge in [-0.25, -0.2) is 4.79 Å². The van der Waals surface area contributed by atoms with Crippen molar-refractivity contribution in [2.75, 3.05) is 19.6 Å². The molecule has 1 aliphatic heterocycles. The van der Waals surface area contributed by atoms with Crippen LogP contribution in [0, 0.1) is 5.92 Å². The largest absolute Gasteiger partial charge is 0.415 e. The number of piperidine rings is 1. The molecule has 1 aromatic rings. The van der Waals surface area contributed by atoms with Gasteiger partial charge in [0, 0.05) is 19.6 Å². The van der Waals surface area contributed by atoms with Crippen LogP contribution in [0.15, 0.2) is 30.3 Å². The van der Waals surface area contributed by atoms with Crippen molar-refractivity contribution < 1.29 is 19.1 Å². The number of carbonyl (C=O) groups is 3. The Morgan fingerprint density at radius 1 is 1.18 bits per heavy atom. The molecule has 1 aromatic carbocycles. The zero-order valence-corrected chi connectivity index (χ0v) is 12.2. The van der Waals surface area contributed by atoms with Crippen LogP contribution in [-0.2, 0) is 9.59 Å². The Kier molecular flexibility index (Phi) is 5.35. The minimum absolute atomic E-state index is 0.226. The lowest BCUT2D eigenvalue weighted by molar-refractivity contribution is -0.137. The molecule has 1 heterocycles. The van der Waals surface area contributed by atoms with E-state index in [9.17, 15) is 14.4 Å². The van der Waals surface area contributed by atoms with Crippen LogP contribution in [0.1, 0.15) is 12.8 Å². The van der Waals surface area contributed by atoms with Gasteiger partial charge in [0.25, 0.3) is 0 Å². The van der Waals surface area contributed by atoms with Crippen molar-refractivity contribution in [3.05, 3.63) is 30.3 Å². The molecule has 0 unspecified atom stereocenters. The van der Waals surface area contributed by atoms with Crippen molar-refractivity contribution in [3.8, 4) is 5.75 Å². The number of carbonyl (C=O) groups excluding carboxylic acids is 3. The summed E-state index contributed by atoms with van der Waals surface area (Å²) in [6, 6.07) is 8.91. The molecule has 0 aromatic heterocycles. The van der Waals surface area contributed by atoms with Gasteiger partial charge >= 0.3 is 17.9 Å². The SMILES string of the molecule is NC(=O)C(=O)NCC1CCN(C(=O)Oc2ccccc2)CC1. The predicted molar refractivity (Wildman–Crippen MR) is 79.0 cm³/mol. The second-order valence-corrected chi connectivity index (χ2v) is 5.19. The van der Waals surface area contributed by atoms with E-state index in [1.807, 2.05) is 6.07 Å². The zero-order chi connectivity index (χ0) is 15.9. The molecular formula is C15H19N3O4. The summed E-state index contributed by atoms with van der Waals surface area (Å²) >= 11 is 0. The maximum Gasteiger partial charge on any atom is 0.415 e. The fourth-order valence-electron chi connectivity index (χ4n) is 2.30. The van der Waals surface area contributed by atoms with Crippen LogP contribution in [0.2, 0.25) is 0 Å². The first-order valence-corrected chi connectivity index (χ1v) is 7.15. The van der Waals surface area contributed by atoms with E-state index in [1.165, 1.54) is 0 Å². The van der Waals surface area contributed by atoms with E-state index in [4.69, 9.17) is 10.5 Å². The smallest absolute Gasteiger partial charge is 0.410 e. The lowest BCUT2D eigenvalue weighted by Gasteiger charge is -2.31. The molecule has 0 saturated carbocycles. The van der Waals surface area contributed by atoms with E-state index in [2.05, 4.69) is 5.32 Å². The molecule has 0 aliphatic carbocycles. The normalized spacial score (nSPS) is 15.2. The zero-order valence-electron chi connectivity index (χ0n) is 12.2. The molecule has 0 radical (unpaired) electrons. The highest BCUT2D eigenvalue weighted by atomic mass is 16.6. The monoisotopic (exact) mass is 305 g/mol. The van der Waals surface area contributed by atoms with Gasteiger partial charge in [0.15, 0.2) is 0 Å². The third-order valence-electron chi connectivity index (χ3n) is 3.60. The number of para-hydroxylation sites is 1. The lowest BCUT2D eigenvalue weighted by atomic mass is 9.97. The molecule has 0 bridgehead atoms. The predicted octanol–water partition coefficient (Wildman–Crippen LogP) is 0.499. The van der Waals surface area contributed by atoms with Crippen molar-refractivity contribution >= 4 is 17.9 Å². The van der Waals surface area contributed by atoms with E-state index < -0.39 is 11.8 Å². The second-order valence-electron chi connectivity index (χ2n) is 5.19. The van der Waals surface area contributed by atoms with Gasteiger partial charge in [0.05, 0.1) is 0 Å². The Morgan fingerprint density at radius 2 is 1.82 bits per heavy atom. The molecule has 7 heteroatoms. The van der Waals surface area contributed by atoms with E-state index in [-0.39, 0.29) is 12.0 Å². The average Bonchev–Trinajstić information content (AvgIpc) is 2.54. The summed E-state index contributed by atoms with van der Waals surface area (Å²) in [7, 11) is 0. The fourth-order valence-corrected chi connectivity index (χ4v) is 2.30. The van der Waals surface area contributed by atoms with Crippen molar-refractivity contribution in [3.63, 3.8) is 0 Å². The maximum absolute atomic E-state index is 12.0. The Morgan fingerprint density at radius 3 is 2.41 bits per heavy atom. The first-order valence-electron chi connectivity index (χ1n) is 7.15. The summed E-state index contributed by atoms with van der Waals surface area (Å²) in [4.78, 5) is 35.4. The molecule has 118 valence electrons. The highest BCUT2D eigenvalue weighted by Gasteiger charge is 2.24. The van der Waals surface area contributed by atoms with Crippen molar-refractivity contribution in [2.24, 2.45) is 11.7 Å². The number of nitrogens with two attached hydrogens (primary N) is 1. The van der Waals surface area contributed by atoms with Gasteiger partial charge in [-0.1, -0.05) is 18.2 Å². The van der Waals surface area contributed by atoms with Crippen LogP contribution in [0.4, 0.5) is 4.79 Å². The van der Waals surface area contributed by atoms with E-state index >= 15 is 0 Å². The molecule has 7 nitrogen and oxygen atoms in total. The number of nitrogens with one attached hydrogen (secondary N) is 1. The third-order valence-corrected chi connectivity index (χ3v) is 3.60. The minimum atomic E-state index is -0.983. The molecular weight excluding hydrogens is 286 g/mol. The van der Waals surface area contributed by atoms with Gasteiger partial charge in [0.2, 0.25) is 0 Å². The molecule has 22 heavy (non-hydrogen) atoms. The number of benzene rings is 1. The molecule has 3 N–H and O–H groups in total. The number of ether oxygens (including phenoxy) is 1. The average molecular weight is 305 g/mol. The molecule has 3 amide bonds. The van der Waals surface area contributed by atoms with E-state index in [0.29, 0.717) is 25.4 Å². The number of hydrogen-bond acceptors (Lipinski definition) is 4. The molecule has 1 saturated heterocycles. The number of rotatable bonds is 3. The number of likely N-dealkylation sites (tertiary alicyclic amines) is 1. The van der Waals surface area contributed by atoms with Gasteiger partial charge in [0.1, 0.15) is 5.75 Å². The quantitative estimate of drug-likeness (QED) is 0.794.